The van der Waals surface area contributed by atoms with Crippen LogP contribution in [0.3, 0.4) is 0 Å². The van der Waals surface area contributed by atoms with Gasteiger partial charge in [-0.1, -0.05) is 30.3 Å². The Kier molecular flexibility index (Phi) is 6.34. The maximum Gasteiger partial charge on any atom is 0.224 e. The molecular formula is C23H22FNO4. The Morgan fingerprint density at radius 1 is 0.897 bits per heavy atom. The number of para-hydroxylation sites is 3. The lowest BCUT2D eigenvalue weighted by Crippen LogP contribution is -2.28. The normalized spacial score (nSPS) is 10.3. The van der Waals surface area contributed by atoms with Crippen molar-refractivity contribution >= 4 is 11.6 Å². The first-order chi connectivity index (χ1) is 14.0. The van der Waals surface area contributed by atoms with Gasteiger partial charge in [0, 0.05) is 6.92 Å². The van der Waals surface area contributed by atoms with Gasteiger partial charge in [0.25, 0.3) is 0 Å². The van der Waals surface area contributed by atoms with Gasteiger partial charge in [0.2, 0.25) is 5.91 Å². The standard InChI is InChI=1S/C23H22FNO4/c1-16(26)25(15-18-21(27-2)14-13-19(24)23(18)28-3)20-11-7-8-12-22(20)29-17-9-5-4-6-10-17/h4-14H,15H2,1-3H3/i24-1. The van der Waals surface area contributed by atoms with Gasteiger partial charge in [0.15, 0.2) is 17.3 Å². The molecule has 0 aromatic heterocycles. The van der Waals surface area contributed by atoms with Gasteiger partial charge >= 0.3 is 0 Å². The minimum Gasteiger partial charge on any atom is -0.496 e. The molecule has 0 atom stereocenters. The van der Waals surface area contributed by atoms with Gasteiger partial charge in [0.1, 0.15) is 11.5 Å². The van der Waals surface area contributed by atoms with E-state index in [2.05, 4.69) is 0 Å². The van der Waals surface area contributed by atoms with E-state index in [0.29, 0.717) is 28.5 Å². The summed E-state index contributed by atoms with van der Waals surface area (Å²) >= 11 is 0. The van der Waals surface area contributed by atoms with Crippen molar-refractivity contribution in [3.05, 3.63) is 78.1 Å². The van der Waals surface area contributed by atoms with Gasteiger partial charge in [-0.2, -0.15) is 0 Å². The van der Waals surface area contributed by atoms with Gasteiger partial charge in [-0.25, -0.2) is 4.39 Å². The smallest absolute Gasteiger partial charge is 0.224 e. The van der Waals surface area contributed by atoms with E-state index in [4.69, 9.17) is 14.2 Å². The zero-order valence-corrected chi connectivity index (χ0v) is 16.5. The monoisotopic (exact) mass is 394 g/mol. The van der Waals surface area contributed by atoms with Gasteiger partial charge < -0.3 is 19.1 Å². The lowest BCUT2D eigenvalue weighted by Gasteiger charge is -2.25. The maximum atomic E-state index is 14.3. The third-order valence-electron chi connectivity index (χ3n) is 4.42. The van der Waals surface area contributed by atoms with E-state index in [0.717, 1.165) is 0 Å². The van der Waals surface area contributed by atoms with Crippen LogP contribution in [0.2, 0.25) is 0 Å². The summed E-state index contributed by atoms with van der Waals surface area (Å²) in [5.41, 5.74) is 0.983. The molecule has 0 bridgehead atoms. The highest BCUT2D eigenvalue weighted by Crippen LogP contribution is 2.37. The molecule has 3 aromatic rings. The molecule has 0 aliphatic rings. The van der Waals surface area contributed by atoms with Crippen molar-refractivity contribution in [2.24, 2.45) is 0 Å². The highest BCUT2D eigenvalue weighted by Gasteiger charge is 2.23. The SMILES string of the molecule is COc1ccc([18F])c(OC)c1CN(C(C)=O)c1ccccc1Oc1ccccc1. The van der Waals surface area contributed by atoms with E-state index < -0.39 is 5.82 Å². The molecule has 0 saturated carbocycles. The average molecular weight is 394 g/mol. The predicted molar refractivity (Wildman–Crippen MR) is 109 cm³/mol. The number of hydrogen-bond acceptors (Lipinski definition) is 4. The fourth-order valence-corrected chi connectivity index (χ4v) is 3.05. The Morgan fingerprint density at radius 3 is 2.24 bits per heavy atom. The first-order valence-electron chi connectivity index (χ1n) is 9.04. The number of carbonyl (C=O) groups is 1. The molecule has 0 saturated heterocycles. The minimum atomic E-state index is -0.527. The van der Waals surface area contributed by atoms with Crippen molar-refractivity contribution in [2.75, 3.05) is 19.1 Å². The van der Waals surface area contributed by atoms with E-state index in [1.54, 1.807) is 12.1 Å². The Labute approximate surface area is 169 Å². The molecule has 0 heterocycles. The van der Waals surface area contributed by atoms with E-state index in [-0.39, 0.29) is 18.2 Å². The number of amides is 1. The molecule has 6 heteroatoms. The molecule has 0 fully saturated rings. The summed E-state index contributed by atoms with van der Waals surface area (Å²) < 4.78 is 30.9. The number of halogens is 1. The molecular weight excluding hydrogens is 372 g/mol. The number of anilines is 1. The van der Waals surface area contributed by atoms with Crippen LogP contribution in [0.1, 0.15) is 12.5 Å². The molecule has 0 aliphatic carbocycles. The van der Waals surface area contributed by atoms with Crippen molar-refractivity contribution < 1.29 is 23.4 Å². The summed E-state index contributed by atoms with van der Waals surface area (Å²) in [6, 6.07) is 19.2. The first-order valence-corrected chi connectivity index (χ1v) is 9.04. The Bertz CT molecular complexity index is 991. The first kappa shape index (κ1) is 20.2. The van der Waals surface area contributed by atoms with E-state index in [1.165, 1.54) is 38.2 Å². The van der Waals surface area contributed by atoms with Crippen molar-refractivity contribution in [1.82, 2.24) is 0 Å². The number of hydrogen-bond donors (Lipinski definition) is 0. The maximum absolute atomic E-state index is 14.3. The Morgan fingerprint density at radius 2 is 1.59 bits per heavy atom. The van der Waals surface area contributed by atoms with Crippen LogP contribution < -0.4 is 19.1 Å². The van der Waals surface area contributed by atoms with E-state index in [1.807, 2.05) is 42.5 Å². The molecule has 0 spiro atoms. The highest BCUT2D eigenvalue weighted by molar-refractivity contribution is 5.93. The molecule has 1 amide bonds. The second-order valence-corrected chi connectivity index (χ2v) is 6.25. The molecule has 0 N–H and O–H groups in total. The highest BCUT2D eigenvalue weighted by atomic mass is 18.2. The summed E-state index contributed by atoms with van der Waals surface area (Å²) in [6.45, 7) is 1.49. The predicted octanol–water partition coefficient (Wildman–Crippen LogP) is 5.19. The second-order valence-electron chi connectivity index (χ2n) is 6.25. The van der Waals surface area contributed by atoms with E-state index in [9.17, 15) is 9.18 Å². The zero-order chi connectivity index (χ0) is 20.8. The number of benzene rings is 3. The van der Waals surface area contributed by atoms with Gasteiger partial charge in [-0.15, -0.1) is 0 Å². The summed E-state index contributed by atoms with van der Waals surface area (Å²) in [4.78, 5) is 14.0. The van der Waals surface area contributed by atoms with Gasteiger partial charge in [-0.05, 0) is 36.4 Å². The molecule has 3 aromatic carbocycles. The van der Waals surface area contributed by atoms with Gasteiger partial charge in [0.05, 0.1) is 32.0 Å². The summed E-state index contributed by atoms with van der Waals surface area (Å²) in [5, 5.41) is 0. The number of ether oxygens (including phenoxy) is 3. The van der Waals surface area contributed by atoms with Crippen molar-refractivity contribution in [3.63, 3.8) is 0 Å². The number of nitrogens with zero attached hydrogens (tertiary/aromatic N) is 1. The third-order valence-corrected chi connectivity index (χ3v) is 4.42. The largest absolute Gasteiger partial charge is 0.496 e. The van der Waals surface area contributed by atoms with Crippen LogP contribution in [-0.4, -0.2) is 20.1 Å². The number of carbonyl (C=O) groups excluding carboxylic acids is 1. The fourth-order valence-electron chi connectivity index (χ4n) is 3.05. The summed E-state index contributed by atoms with van der Waals surface area (Å²) in [6.07, 6.45) is 0. The molecule has 29 heavy (non-hydrogen) atoms. The van der Waals surface area contributed by atoms with Crippen LogP contribution in [0.15, 0.2) is 66.7 Å². The van der Waals surface area contributed by atoms with Crippen molar-refractivity contribution in [1.29, 1.82) is 0 Å². The lowest BCUT2D eigenvalue weighted by atomic mass is 10.1. The zero-order valence-electron chi connectivity index (χ0n) is 16.5. The van der Waals surface area contributed by atoms with Crippen molar-refractivity contribution in [2.45, 2.75) is 13.5 Å². The second kappa shape index (κ2) is 9.10. The van der Waals surface area contributed by atoms with E-state index >= 15 is 0 Å². The van der Waals surface area contributed by atoms with Crippen LogP contribution in [0.4, 0.5) is 10.1 Å². The molecule has 150 valence electrons. The molecule has 3 rings (SSSR count). The Hall–Kier alpha value is -3.54. The fraction of sp³-hybridized carbons (Fsp3) is 0.174. The minimum absolute atomic E-state index is 0.0389. The molecule has 0 radical (unpaired) electrons. The van der Waals surface area contributed by atoms with Crippen LogP contribution in [-0.2, 0) is 11.3 Å². The molecule has 0 unspecified atom stereocenters. The quantitative estimate of drug-likeness (QED) is 0.553. The number of methoxy groups -OCH3 is 2. The van der Waals surface area contributed by atoms with Crippen molar-refractivity contribution in [3.8, 4) is 23.0 Å². The topological polar surface area (TPSA) is 48.0 Å². The van der Waals surface area contributed by atoms with Crippen LogP contribution in [0.5, 0.6) is 23.0 Å². The average Bonchev–Trinajstić information content (AvgIpc) is 2.73. The summed E-state index contributed by atoms with van der Waals surface area (Å²) in [7, 11) is 2.87. The van der Waals surface area contributed by atoms with Crippen LogP contribution in [0.25, 0.3) is 0 Å². The van der Waals surface area contributed by atoms with Gasteiger partial charge in [-0.3, -0.25) is 4.79 Å². The molecule has 5 nitrogen and oxygen atoms in total. The Balaban J connectivity index is 2.03. The third kappa shape index (κ3) is 4.48. The van der Waals surface area contributed by atoms with Crippen LogP contribution >= 0.6 is 0 Å². The number of rotatable bonds is 7. The molecule has 0 aliphatic heterocycles. The lowest BCUT2D eigenvalue weighted by molar-refractivity contribution is -0.116. The summed E-state index contributed by atoms with van der Waals surface area (Å²) in [5.74, 6) is 0.851. The van der Waals surface area contributed by atoms with Crippen LogP contribution in [0, 0.1) is 5.82 Å².